The van der Waals surface area contributed by atoms with Gasteiger partial charge in [0.2, 0.25) is 0 Å². The Morgan fingerprint density at radius 3 is 2.31 bits per heavy atom. The van der Waals surface area contributed by atoms with E-state index in [2.05, 4.69) is 17.1 Å². The van der Waals surface area contributed by atoms with Crippen molar-refractivity contribution >= 4 is 0 Å². The maximum atomic E-state index is 4.57. The maximum absolute atomic E-state index is 4.57. The summed E-state index contributed by atoms with van der Waals surface area (Å²) in [5.74, 6) is 2.77. The van der Waals surface area contributed by atoms with E-state index in [1.54, 1.807) is 0 Å². The zero-order chi connectivity index (χ0) is 10.8. The normalized spacial score (nSPS) is 22.8. The standard InChI is InChI=1S/C15H21N/c1-2-9-16-15(6-1)14(11-13-7-8-13)10-12-4-3-5-12/h1-2,6,9,12-14H,3-5,7-8,10-11H2. The van der Waals surface area contributed by atoms with Crippen LogP contribution in [0.2, 0.25) is 0 Å². The minimum absolute atomic E-state index is 0.749. The first-order valence-electron chi connectivity index (χ1n) is 6.83. The third-order valence-electron chi connectivity index (χ3n) is 4.26. The third kappa shape index (κ3) is 2.45. The molecule has 1 aromatic rings. The molecule has 1 nitrogen and oxygen atoms in total. The second-order valence-corrected chi connectivity index (χ2v) is 5.66. The molecule has 0 N–H and O–H groups in total. The van der Waals surface area contributed by atoms with Gasteiger partial charge in [-0.1, -0.05) is 38.2 Å². The van der Waals surface area contributed by atoms with E-state index in [-0.39, 0.29) is 0 Å². The van der Waals surface area contributed by atoms with E-state index >= 15 is 0 Å². The molecule has 2 aliphatic rings. The molecule has 1 atom stereocenters. The molecular weight excluding hydrogens is 194 g/mol. The number of hydrogen-bond acceptors (Lipinski definition) is 1. The van der Waals surface area contributed by atoms with Crippen molar-refractivity contribution in [1.29, 1.82) is 0 Å². The van der Waals surface area contributed by atoms with E-state index in [9.17, 15) is 0 Å². The van der Waals surface area contributed by atoms with Gasteiger partial charge in [0, 0.05) is 17.8 Å². The fourth-order valence-electron chi connectivity index (χ4n) is 2.84. The van der Waals surface area contributed by atoms with E-state index < -0.39 is 0 Å². The highest BCUT2D eigenvalue weighted by atomic mass is 14.7. The SMILES string of the molecule is c1ccc(C(CC2CCC2)CC2CC2)nc1. The van der Waals surface area contributed by atoms with E-state index in [0.29, 0.717) is 0 Å². The second-order valence-electron chi connectivity index (χ2n) is 5.66. The van der Waals surface area contributed by atoms with Crippen LogP contribution in [0.3, 0.4) is 0 Å². The number of pyridine rings is 1. The van der Waals surface area contributed by atoms with Crippen molar-refractivity contribution in [3.8, 4) is 0 Å². The quantitative estimate of drug-likeness (QED) is 0.719. The Kier molecular flexibility index (Phi) is 2.94. The minimum Gasteiger partial charge on any atom is -0.261 e. The molecule has 2 saturated carbocycles. The number of hydrogen-bond donors (Lipinski definition) is 0. The van der Waals surface area contributed by atoms with Gasteiger partial charge in [-0.25, -0.2) is 0 Å². The van der Waals surface area contributed by atoms with Crippen molar-refractivity contribution in [1.82, 2.24) is 4.98 Å². The highest BCUT2D eigenvalue weighted by molar-refractivity contribution is 5.10. The molecular formula is C15H21N. The lowest BCUT2D eigenvalue weighted by Crippen LogP contribution is -2.16. The van der Waals surface area contributed by atoms with Crippen molar-refractivity contribution < 1.29 is 0 Å². The van der Waals surface area contributed by atoms with Crippen LogP contribution in [0, 0.1) is 11.8 Å². The first-order valence-corrected chi connectivity index (χ1v) is 6.83. The molecule has 1 unspecified atom stereocenters. The predicted molar refractivity (Wildman–Crippen MR) is 66.3 cm³/mol. The van der Waals surface area contributed by atoms with Crippen LogP contribution >= 0.6 is 0 Å². The molecule has 2 fully saturated rings. The van der Waals surface area contributed by atoms with E-state index in [1.807, 2.05) is 12.3 Å². The largest absolute Gasteiger partial charge is 0.261 e. The number of nitrogens with zero attached hydrogens (tertiary/aromatic N) is 1. The number of rotatable bonds is 5. The molecule has 0 aliphatic heterocycles. The molecule has 0 aromatic carbocycles. The van der Waals surface area contributed by atoms with Crippen LogP contribution < -0.4 is 0 Å². The second kappa shape index (κ2) is 4.57. The fraction of sp³-hybridized carbons (Fsp3) is 0.667. The summed E-state index contributed by atoms with van der Waals surface area (Å²) in [6.07, 6.45) is 12.1. The number of aromatic nitrogens is 1. The van der Waals surface area contributed by atoms with E-state index in [1.165, 1.54) is 50.6 Å². The van der Waals surface area contributed by atoms with Crippen LogP contribution in [0.1, 0.15) is 56.6 Å². The van der Waals surface area contributed by atoms with E-state index in [4.69, 9.17) is 0 Å². The molecule has 3 rings (SSSR count). The van der Waals surface area contributed by atoms with Crippen molar-refractivity contribution in [3.05, 3.63) is 30.1 Å². The van der Waals surface area contributed by atoms with Gasteiger partial charge >= 0.3 is 0 Å². The monoisotopic (exact) mass is 215 g/mol. The van der Waals surface area contributed by atoms with Gasteiger partial charge in [0.1, 0.15) is 0 Å². The third-order valence-corrected chi connectivity index (χ3v) is 4.26. The van der Waals surface area contributed by atoms with E-state index in [0.717, 1.165) is 17.8 Å². The Hall–Kier alpha value is -0.850. The summed E-state index contributed by atoms with van der Waals surface area (Å²) in [7, 11) is 0. The Balaban J connectivity index is 1.67. The Morgan fingerprint density at radius 2 is 1.81 bits per heavy atom. The highest BCUT2D eigenvalue weighted by Crippen LogP contribution is 2.43. The molecule has 2 aliphatic carbocycles. The zero-order valence-corrected chi connectivity index (χ0v) is 9.94. The lowest BCUT2D eigenvalue weighted by Gasteiger charge is -2.29. The van der Waals surface area contributed by atoms with Crippen molar-refractivity contribution in [2.75, 3.05) is 0 Å². The van der Waals surface area contributed by atoms with Gasteiger partial charge in [-0.2, -0.15) is 0 Å². The summed E-state index contributed by atoms with van der Waals surface area (Å²) in [5, 5.41) is 0. The summed E-state index contributed by atoms with van der Waals surface area (Å²) in [6, 6.07) is 6.40. The Morgan fingerprint density at radius 1 is 1.06 bits per heavy atom. The molecule has 1 heterocycles. The van der Waals surface area contributed by atoms with Crippen LogP contribution in [-0.4, -0.2) is 4.98 Å². The predicted octanol–water partition coefficient (Wildman–Crippen LogP) is 4.16. The Labute approximate surface area is 98.3 Å². The first-order chi connectivity index (χ1) is 7.92. The average molecular weight is 215 g/mol. The maximum Gasteiger partial charge on any atom is 0.0434 e. The van der Waals surface area contributed by atoms with Gasteiger partial charge in [-0.15, -0.1) is 0 Å². The molecule has 86 valence electrons. The molecule has 1 heteroatoms. The fourth-order valence-corrected chi connectivity index (χ4v) is 2.84. The van der Waals surface area contributed by atoms with Crippen molar-refractivity contribution in [2.45, 2.75) is 50.9 Å². The van der Waals surface area contributed by atoms with Crippen molar-refractivity contribution in [3.63, 3.8) is 0 Å². The molecule has 0 amide bonds. The van der Waals surface area contributed by atoms with Gasteiger partial charge in [0.15, 0.2) is 0 Å². The van der Waals surface area contributed by atoms with Crippen LogP contribution in [0.4, 0.5) is 0 Å². The van der Waals surface area contributed by atoms with Gasteiger partial charge in [-0.3, -0.25) is 4.98 Å². The topological polar surface area (TPSA) is 12.9 Å². The molecule has 1 aromatic heterocycles. The molecule has 0 bridgehead atoms. The molecule has 0 saturated heterocycles. The van der Waals surface area contributed by atoms with Crippen molar-refractivity contribution in [2.24, 2.45) is 11.8 Å². The van der Waals surface area contributed by atoms with Crippen LogP contribution in [0.15, 0.2) is 24.4 Å². The van der Waals surface area contributed by atoms with Gasteiger partial charge in [-0.05, 0) is 36.8 Å². The average Bonchev–Trinajstić information content (AvgIpc) is 3.06. The molecule has 0 spiro atoms. The van der Waals surface area contributed by atoms with Crippen LogP contribution in [-0.2, 0) is 0 Å². The Bertz CT molecular complexity index is 325. The lowest BCUT2D eigenvalue weighted by atomic mass is 9.77. The van der Waals surface area contributed by atoms with Gasteiger partial charge in [0.25, 0.3) is 0 Å². The lowest BCUT2D eigenvalue weighted by molar-refractivity contribution is 0.267. The highest BCUT2D eigenvalue weighted by Gasteiger charge is 2.30. The summed E-state index contributed by atoms with van der Waals surface area (Å²) in [5.41, 5.74) is 1.35. The van der Waals surface area contributed by atoms with Gasteiger partial charge in [0.05, 0.1) is 0 Å². The summed E-state index contributed by atoms with van der Waals surface area (Å²) in [4.78, 5) is 4.57. The minimum atomic E-state index is 0.749. The van der Waals surface area contributed by atoms with Crippen LogP contribution in [0.5, 0.6) is 0 Å². The zero-order valence-electron chi connectivity index (χ0n) is 9.94. The summed E-state index contributed by atoms with van der Waals surface area (Å²) >= 11 is 0. The molecule has 16 heavy (non-hydrogen) atoms. The van der Waals surface area contributed by atoms with Crippen LogP contribution in [0.25, 0.3) is 0 Å². The molecule has 0 radical (unpaired) electrons. The summed E-state index contributed by atoms with van der Waals surface area (Å²) < 4.78 is 0. The van der Waals surface area contributed by atoms with Gasteiger partial charge < -0.3 is 0 Å². The summed E-state index contributed by atoms with van der Waals surface area (Å²) in [6.45, 7) is 0. The smallest absolute Gasteiger partial charge is 0.0434 e. The first kappa shape index (κ1) is 10.3.